The number of para-hydroxylation sites is 1. The Hall–Kier alpha value is -2.39. The third-order valence-electron chi connectivity index (χ3n) is 2.65. The van der Waals surface area contributed by atoms with Crippen molar-refractivity contribution >= 4 is 32.8 Å². The fourth-order valence-corrected chi connectivity index (χ4v) is 2.11. The van der Waals surface area contributed by atoms with Gasteiger partial charge in [0.05, 0.1) is 11.1 Å². The zero-order chi connectivity index (χ0) is 13.4. The van der Waals surface area contributed by atoms with Gasteiger partial charge in [0.2, 0.25) is 5.89 Å². The van der Waals surface area contributed by atoms with Crippen LogP contribution in [0.15, 0.2) is 39.4 Å². The summed E-state index contributed by atoms with van der Waals surface area (Å²) in [7, 11) is 0. The molecule has 0 atom stereocenters. The number of benzene rings is 1. The van der Waals surface area contributed by atoms with Crippen LogP contribution in [-0.2, 0) is 0 Å². The van der Waals surface area contributed by atoms with Crippen molar-refractivity contribution in [3.8, 4) is 17.5 Å². The van der Waals surface area contributed by atoms with E-state index in [1.807, 2.05) is 0 Å². The van der Waals surface area contributed by atoms with E-state index in [1.54, 1.807) is 30.5 Å². The number of pyridine rings is 1. The highest BCUT2D eigenvalue weighted by Crippen LogP contribution is 2.30. The van der Waals surface area contributed by atoms with Crippen LogP contribution in [0.1, 0.15) is 5.56 Å². The van der Waals surface area contributed by atoms with Crippen LogP contribution in [0.3, 0.4) is 0 Å². The van der Waals surface area contributed by atoms with Crippen molar-refractivity contribution in [1.82, 2.24) is 9.97 Å². The maximum Gasteiger partial charge on any atom is 0.231 e. The summed E-state index contributed by atoms with van der Waals surface area (Å²) in [6, 6.07) is 9.06. The molecule has 0 aliphatic carbocycles. The Bertz CT molecular complexity index is 819. The number of aromatic nitrogens is 2. The maximum atomic E-state index is 9.04. The number of nitrogen functional groups attached to an aromatic ring is 1. The van der Waals surface area contributed by atoms with Gasteiger partial charge in [-0.25, -0.2) is 9.97 Å². The number of fused-ring (bicyclic) bond motifs is 1. The Balaban J connectivity index is 2.27. The number of nitrogens with two attached hydrogens (primary N) is 1. The number of rotatable bonds is 1. The molecule has 1 aromatic carbocycles. The molecule has 0 spiro atoms. The van der Waals surface area contributed by atoms with Gasteiger partial charge in [-0.05, 0) is 34.1 Å². The molecule has 0 saturated carbocycles. The smallest absolute Gasteiger partial charge is 0.231 e. The molecule has 0 amide bonds. The van der Waals surface area contributed by atoms with Gasteiger partial charge in [-0.15, -0.1) is 0 Å². The van der Waals surface area contributed by atoms with E-state index >= 15 is 0 Å². The van der Waals surface area contributed by atoms with Crippen molar-refractivity contribution in [2.24, 2.45) is 0 Å². The Morgan fingerprint density at radius 1 is 1.37 bits per heavy atom. The standard InChI is InChI=1S/C13H7BrN4O/c14-8-4-9(12(16)17-6-8)13-18-11-7(5-15)2-1-3-10(11)19-13/h1-4,6H,(H2,16,17). The Kier molecular flexibility index (Phi) is 2.69. The second kappa shape index (κ2) is 4.37. The average Bonchev–Trinajstić information content (AvgIpc) is 2.85. The molecule has 3 aromatic rings. The lowest BCUT2D eigenvalue weighted by atomic mass is 10.2. The normalized spacial score (nSPS) is 10.5. The van der Waals surface area contributed by atoms with Gasteiger partial charge >= 0.3 is 0 Å². The van der Waals surface area contributed by atoms with Crippen molar-refractivity contribution in [1.29, 1.82) is 5.26 Å². The summed E-state index contributed by atoms with van der Waals surface area (Å²) in [5, 5.41) is 9.04. The van der Waals surface area contributed by atoms with Crippen LogP contribution < -0.4 is 5.73 Å². The lowest BCUT2D eigenvalue weighted by Crippen LogP contribution is -1.93. The second-order valence-corrected chi connectivity index (χ2v) is 4.79. The lowest BCUT2D eigenvalue weighted by molar-refractivity contribution is 0.620. The van der Waals surface area contributed by atoms with Crippen molar-refractivity contribution in [2.45, 2.75) is 0 Å². The van der Waals surface area contributed by atoms with E-state index in [0.29, 0.717) is 33.9 Å². The quantitative estimate of drug-likeness (QED) is 0.745. The Labute approximate surface area is 116 Å². The molecule has 0 unspecified atom stereocenters. The first-order valence-corrected chi connectivity index (χ1v) is 6.19. The van der Waals surface area contributed by atoms with Crippen LogP contribution in [0.4, 0.5) is 5.82 Å². The van der Waals surface area contributed by atoms with E-state index in [4.69, 9.17) is 15.4 Å². The zero-order valence-corrected chi connectivity index (χ0v) is 11.2. The van der Waals surface area contributed by atoms with Gasteiger partial charge in [0, 0.05) is 10.7 Å². The number of nitriles is 1. The highest BCUT2D eigenvalue weighted by Gasteiger charge is 2.14. The number of nitrogens with zero attached hydrogens (tertiary/aromatic N) is 3. The molecule has 3 rings (SSSR count). The van der Waals surface area contributed by atoms with Crippen LogP contribution in [-0.4, -0.2) is 9.97 Å². The molecule has 5 nitrogen and oxygen atoms in total. The van der Waals surface area contributed by atoms with Crippen LogP contribution in [0, 0.1) is 11.3 Å². The minimum atomic E-state index is 0.327. The summed E-state index contributed by atoms with van der Waals surface area (Å²) in [5.41, 5.74) is 7.95. The topological polar surface area (TPSA) is 88.7 Å². The highest BCUT2D eigenvalue weighted by atomic mass is 79.9. The first kappa shape index (κ1) is 11.7. The molecule has 2 aromatic heterocycles. The van der Waals surface area contributed by atoms with Gasteiger partial charge in [-0.1, -0.05) is 6.07 Å². The molecule has 0 aliphatic heterocycles. The first-order valence-electron chi connectivity index (χ1n) is 5.40. The van der Waals surface area contributed by atoms with E-state index < -0.39 is 0 Å². The predicted octanol–water partition coefficient (Wildman–Crippen LogP) is 3.11. The van der Waals surface area contributed by atoms with Gasteiger partial charge in [-0.3, -0.25) is 0 Å². The highest BCUT2D eigenvalue weighted by molar-refractivity contribution is 9.10. The average molecular weight is 315 g/mol. The van der Waals surface area contributed by atoms with Gasteiger partial charge in [-0.2, -0.15) is 5.26 Å². The first-order chi connectivity index (χ1) is 9.19. The fraction of sp³-hybridized carbons (Fsp3) is 0. The molecule has 0 fully saturated rings. The van der Waals surface area contributed by atoms with Crippen molar-refractivity contribution in [3.63, 3.8) is 0 Å². The summed E-state index contributed by atoms with van der Waals surface area (Å²) in [6.45, 7) is 0. The van der Waals surface area contributed by atoms with E-state index in [1.165, 1.54) is 0 Å². The van der Waals surface area contributed by atoms with Crippen LogP contribution in [0.2, 0.25) is 0 Å². The third-order valence-corrected chi connectivity index (χ3v) is 3.09. The van der Waals surface area contributed by atoms with E-state index in [9.17, 15) is 0 Å². The van der Waals surface area contributed by atoms with Crippen LogP contribution in [0.5, 0.6) is 0 Å². The molecule has 0 bridgehead atoms. The molecule has 2 heterocycles. The number of hydrogen-bond acceptors (Lipinski definition) is 5. The molecule has 92 valence electrons. The monoisotopic (exact) mass is 314 g/mol. The summed E-state index contributed by atoms with van der Waals surface area (Å²) < 4.78 is 6.41. The minimum absolute atomic E-state index is 0.327. The van der Waals surface area contributed by atoms with E-state index in [-0.39, 0.29) is 0 Å². The molecule has 0 aliphatic rings. The van der Waals surface area contributed by atoms with Crippen molar-refractivity contribution < 1.29 is 4.42 Å². The summed E-state index contributed by atoms with van der Waals surface area (Å²) in [5.74, 6) is 0.678. The largest absolute Gasteiger partial charge is 0.436 e. The second-order valence-electron chi connectivity index (χ2n) is 3.87. The molecular formula is C13H7BrN4O. The van der Waals surface area contributed by atoms with Crippen LogP contribution in [0.25, 0.3) is 22.6 Å². The Morgan fingerprint density at radius 2 is 2.21 bits per heavy atom. The minimum Gasteiger partial charge on any atom is -0.436 e. The van der Waals surface area contributed by atoms with Crippen LogP contribution >= 0.6 is 15.9 Å². The summed E-state index contributed by atoms with van der Waals surface area (Å²) >= 11 is 3.33. The molecule has 6 heteroatoms. The zero-order valence-electron chi connectivity index (χ0n) is 9.59. The van der Waals surface area contributed by atoms with Gasteiger partial charge in [0.1, 0.15) is 17.4 Å². The number of halogens is 1. The lowest BCUT2D eigenvalue weighted by Gasteiger charge is -1.99. The van der Waals surface area contributed by atoms with Crippen molar-refractivity contribution in [2.75, 3.05) is 5.73 Å². The number of hydrogen-bond donors (Lipinski definition) is 1. The van der Waals surface area contributed by atoms with Gasteiger partial charge in [0.15, 0.2) is 5.58 Å². The molecule has 0 radical (unpaired) electrons. The SMILES string of the molecule is N#Cc1cccc2oc(-c3cc(Br)cnc3N)nc12. The number of anilines is 1. The maximum absolute atomic E-state index is 9.04. The Morgan fingerprint density at radius 3 is 3.00 bits per heavy atom. The van der Waals surface area contributed by atoms with E-state index in [2.05, 4.69) is 32.0 Å². The van der Waals surface area contributed by atoms with E-state index in [0.717, 1.165) is 4.47 Å². The molecular weight excluding hydrogens is 308 g/mol. The van der Waals surface area contributed by atoms with Gasteiger partial charge in [0.25, 0.3) is 0 Å². The fourth-order valence-electron chi connectivity index (χ4n) is 1.78. The number of oxazole rings is 1. The van der Waals surface area contributed by atoms with Crippen molar-refractivity contribution in [3.05, 3.63) is 40.5 Å². The predicted molar refractivity (Wildman–Crippen MR) is 74.1 cm³/mol. The molecule has 19 heavy (non-hydrogen) atoms. The van der Waals surface area contributed by atoms with Gasteiger partial charge < -0.3 is 10.2 Å². The molecule has 2 N–H and O–H groups in total. The third kappa shape index (κ3) is 1.94. The summed E-state index contributed by atoms with van der Waals surface area (Å²) in [4.78, 5) is 8.36. The molecule has 0 saturated heterocycles. The summed E-state index contributed by atoms with van der Waals surface area (Å²) in [6.07, 6.45) is 1.60.